The minimum Gasteiger partial charge on any atom is -0.287 e. The molecule has 0 radical (unpaired) electrons. The smallest absolute Gasteiger partial charge is 0.287 e. The van der Waals surface area contributed by atoms with E-state index in [0.29, 0.717) is 0 Å². The predicted octanol–water partition coefficient (Wildman–Crippen LogP) is 1.66. The van der Waals surface area contributed by atoms with Crippen LogP contribution in [0.4, 0.5) is 8.78 Å². The van der Waals surface area contributed by atoms with Crippen LogP contribution in [0.15, 0.2) is 0 Å². The Morgan fingerprint density at radius 2 is 2.12 bits per heavy atom. The Bertz CT molecular complexity index is 99.9. The molecular formula is C3H3ClF2OS. The fourth-order valence-electron chi connectivity index (χ4n) is 0.171. The van der Waals surface area contributed by atoms with E-state index in [1.54, 1.807) is 0 Å². The molecule has 0 aliphatic carbocycles. The zero-order valence-electron chi connectivity index (χ0n) is 3.70. The van der Waals surface area contributed by atoms with Crippen LogP contribution in [0.5, 0.6) is 0 Å². The number of hydrogen-bond acceptors (Lipinski definition) is 1. The molecule has 0 saturated heterocycles. The normalized spacial score (nSPS) is 11.5. The Morgan fingerprint density at radius 1 is 1.75 bits per heavy atom. The maximum Gasteiger partial charge on any atom is 0.329 e. The van der Waals surface area contributed by atoms with E-state index in [0.717, 1.165) is 0 Å². The van der Waals surface area contributed by atoms with Crippen molar-refractivity contribution in [2.24, 2.45) is 0 Å². The van der Waals surface area contributed by atoms with Crippen molar-refractivity contribution < 1.29 is 13.6 Å². The number of thiol groups is 1. The lowest BCUT2D eigenvalue weighted by atomic mass is 10.5. The minimum atomic E-state index is -3.43. The largest absolute Gasteiger partial charge is 0.329 e. The van der Waals surface area contributed by atoms with Crippen molar-refractivity contribution in [2.75, 3.05) is 0 Å². The van der Waals surface area contributed by atoms with Crippen LogP contribution in [-0.4, -0.2) is 10.5 Å². The van der Waals surface area contributed by atoms with Gasteiger partial charge in [0.1, 0.15) is 0 Å². The lowest BCUT2D eigenvalue weighted by molar-refractivity contribution is -0.114. The standard InChI is InChI=1S/C3H3ClF2OS/c4-3(5,6)1-2(7)8/h1H2,(H,7,8). The van der Waals surface area contributed by atoms with Crippen molar-refractivity contribution in [1.82, 2.24) is 0 Å². The van der Waals surface area contributed by atoms with E-state index in [1.165, 1.54) is 0 Å². The zero-order chi connectivity index (χ0) is 6.78. The molecule has 0 saturated carbocycles. The van der Waals surface area contributed by atoms with E-state index in [9.17, 15) is 13.6 Å². The van der Waals surface area contributed by atoms with E-state index in [1.807, 2.05) is 0 Å². The summed E-state index contributed by atoms with van der Waals surface area (Å²) in [5.41, 5.74) is 0. The van der Waals surface area contributed by atoms with Crippen LogP contribution in [0.2, 0.25) is 0 Å². The molecule has 0 fully saturated rings. The highest BCUT2D eigenvalue weighted by molar-refractivity contribution is 7.96. The van der Waals surface area contributed by atoms with Gasteiger partial charge in [-0.15, -0.1) is 12.6 Å². The second-order valence-electron chi connectivity index (χ2n) is 1.19. The van der Waals surface area contributed by atoms with Gasteiger partial charge >= 0.3 is 5.38 Å². The quantitative estimate of drug-likeness (QED) is 0.480. The second kappa shape index (κ2) is 2.64. The maximum absolute atomic E-state index is 11.5. The summed E-state index contributed by atoms with van der Waals surface area (Å²) in [5, 5.41) is -4.34. The van der Waals surface area contributed by atoms with Crippen LogP contribution in [0.3, 0.4) is 0 Å². The van der Waals surface area contributed by atoms with Gasteiger partial charge in [-0.05, 0) is 11.6 Å². The van der Waals surface area contributed by atoms with Crippen LogP contribution in [-0.2, 0) is 4.79 Å². The molecule has 48 valence electrons. The third-order valence-electron chi connectivity index (χ3n) is 0.352. The number of rotatable bonds is 2. The number of hydrogen-bond donors (Lipinski definition) is 1. The SMILES string of the molecule is O=C(S)CC(F)(F)Cl. The van der Waals surface area contributed by atoms with Crippen molar-refractivity contribution in [3.63, 3.8) is 0 Å². The van der Waals surface area contributed by atoms with E-state index in [-0.39, 0.29) is 0 Å². The molecule has 0 rings (SSSR count). The summed E-state index contributed by atoms with van der Waals surface area (Å²) < 4.78 is 22.9. The highest BCUT2D eigenvalue weighted by Gasteiger charge is 2.26. The number of carbonyl (C=O) groups excluding carboxylic acids is 1. The van der Waals surface area contributed by atoms with Crippen LogP contribution < -0.4 is 0 Å². The van der Waals surface area contributed by atoms with Gasteiger partial charge in [0.2, 0.25) is 0 Å². The molecular weight excluding hydrogens is 158 g/mol. The van der Waals surface area contributed by atoms with Gasteiger partial charge < -0.3 is 0 Å². The Labute approximate surface area is 55.4 Å². The van der Waals surface area contributed by atoms with E-state index in [4.69, 9.17) is 0 Å². The first kappa shape index (κ1) is 8.17. The molecule has 5 heteroatoms. The molecule has 0 aliphatic rings. The lowest BCUT2D eigenvalue weighted by Gasteiger charge is -2.00. The average molecular weight is 161 g/mol. The molecule has 0 aromatic carbocycles. The number of halogens is 3. The zero-order valence-corrected chi connectivity index (χ0v) is 5.35. The monoisotopic (exact) mass is 160 g/mol. The molecule has 0 spiro atoms. The highest BCUT2D eigenvalue weighted by atomic mass is 35.5. The number of alkyl halides is 3. The first-order valence-corrected chi connectivity index (χ1v) is 2.53. The van der Waals surface area contributed by atoms with Crippen molar-refractivity contribution in [2.45, 2.75) is 11.8 Å². The molecule has 0 atom stereocenters. The van der Waals surface area contributed by atoms with Crippen molar-refractivity contribution in [3.8, 4) is 0 Å². The molecule has 0 amide bonds. The summed E-state index contributed by atoms with van der Waals surface area (Å²) in [4.78, 5) is 9.76. The van der Waals surface area contributed by atoms with E-state index >= 15 is 0 Å². The van der Waals surface area contributed by atoms with Gasteiger partial charge in [0.25, 0.3) is 0 Å². The highest BCUT2D eigenvalue weighted by Crippen LogP contribution is 2.23. The van der Waals surface area contributed by atoms with Crippen LogP contribution in [0.25, 0.3) is 0 Å². The third kappa shape index (κ3) is 6.17. The fraction of sp³-hybridized carbons (Fsp3) is 0.667. The summed E-state index contributed by atoms with van der Waals surface area (Å²) in [7, 11) is 0. The molecule has 0 unspecified atom stereocenters. The molecule has 8 heavy (non-hydrogen) atoms. The van der Waals surface area contributed by atoms with Crippen LogP contribution >= 0.6 is 24.2 Å². The lowest BCUT2D eigenvalue weighted by Crippen LogP contribution is -2.08. The summed E-state index contributed by atoms with van der Waals surface area (Å²) in [6.45, 7) is 0. The third-order valence-corrected chi connectivity index (χ3v) is 0.643. The van der Waals surface area contributed by atoms with Crippen LogP contribution in [0, 0.1) is 0 Å². The first-order chi connectivity index (χ1) is 3.42. The second-order valence-corrected chi connectivity index (χ2v) is 2.24. The van der Waals surface area contributed by atoms with Gasteiger partial charge in [-0.3, -0.25) is 4.79 Å². The Morgan fingerprint density at radius 3 is 2.12 bits per heavy atom. The van der Waals surface area contributed by atoms with Gasteiger partial charge in [-0.2, -0.15) is 8.78 Å². The first-order valence-electron chi connectivity index (χ1n) is 1.70. The average Bonchev–Trinajstić information content (AvgIpc) is 1.21. The Balaban J connectivity index is 3.55. The molecule has 0 N–H and O–H groups in total. The number of carbonyl (C=O) groups is 1. The Kier molecular flexibility index (Phi) is 2.70. The van der Waals surface area contributed by atoms with E-state index < -0.39 is 16.9 Å². The van der Waals surface area contributed by atoms with E-state index in [2.05, 4.69) is 24.2 Å². The summed E-state index contributed by atoms with van der Waals surface area (Å²) in [6.07, 6.45) is -1.02. The summed E-state index contributed by atoms with van der Waals surface area (Å²) in [6, 6.07) is 0. The molecule has 0 bridgehead atoms. The molecule has 0 aromatic heterocycles. The maximum atomic E-state index is 11.5. The molecule has 0 aliphatic heterocycles. The van der Waals surface area contributed by atoms with Crippen LogP contribution in [0.1, 0.15) is 6.42 Å². The van der Waals surface area contributed by atoms with Gasteiger partial charge in [-0.25, -0.2) is 0 Å². The van der Waals surface area contributed by atoms with Gasteiger partial charge in [-0.1, -0.05) is 0 Å². The summed E-state index contributed by atoms with van der Waals surface area (Å²) in [5.74, 6) is 0. The van der Waals surface area contributed by atoms with Crippen molar-refractivity contribution in [3.05, 3.63) is 0 Å². The predicted molar refractivity (Wildman–Crippen MR) is 29.4 cm³/mol. The van der Waals surface area contributed by atoms with Gasteiger partial charge in [0.15, 0.2) is 5.12 Å². The summed E-state index contributed by atoms with van der Waals surface area (Å²) >= 11 is 7.41. The molecule has 0 heterocycles. The van der Waals surface area contributed by atoms with Crippen molar-refractivity contribution >= 4 is 29.3 Å². The fourth-order valence-corrected chi connectivity index (χ4v) is 0.585. The topological polar surface area (TPSA) is 17.1 Å². The van der Waals surface area contributed by atoms with Crippen molar-refractivity contribution in [1.29, 1.82) is 0 Å². The minimum absolute atomic E-state index is 0.912. The Hall–Kier alpha value is 0.170. The van der Waals surface area contributed by atoms with Gasteiger partial charge in [0.05, 0.1) is 6.42 Å². The van der Waals surface area contributed by atoms with Gasteiger partial charge in [0, 0.05) is 0 Å². The molecule has 0 aromatic rings. The molecule has 1 nitrogen and oxygen atoms in total.